The molecule has 0 aromatic heterocycles. The van der Waals surface area contributed by atoms with Crippen molar-refractivity contribution in [3.63, 3.8) is 0 Å². The van der Waals surface area contributed by atoms with E-state index in [2.05, 4.69) is 0 Å². The summed E-state index contributed by atoms with van der Waals surface area (Å²) in [7, 11) is 0. The second-order valence-corrected chi connectivity index (χ2v) is 3.25. The zero-order valence-electron chi connectivity index (χ0n) is 8.40. The number of rotatable bonds is 3. The van der Waals surface area contributed by atoms with E-state index < -0.39 is 11.9 Å². The molecule has 0 fully saturated rings. The molecule has 0 aliphatic rings. The predicted octanol–water partition coefficient (Wildman–Crippen LogP) is 1.72. The van der Waals surface area contributed by atoms with E-state index in [1.54, 1.807) is 19.1 Å². The van der Waals surface area contributed by atoms with Gasteiger partial charge in [-0.15, -0.1) is 0 Å². The van der Waals surface area contributed by atoms with Gasteiger partial charge in [-0.2, -0.15) is 5.26 Å². The van der Waals surface area contributed by atoms with Gasteiger partial charge in [0, 0.05) is 5.69 Å². The van der Waals surface area contributed by atoms with Crippen molar-refractivity contribution in [3.8, 4) is 6.07 Å². The summed E-state index contributed by atoms with van der Waals surface area (Å²) in [5.41, 5.74) is 7.08. The first-order chi connectivity index (χ1) is 7.10. The maximum atomic E-state index is 10.9. The highest BCUT2D eigenvalue weighted by atomic mass is 16.4. The third kappa shape index (κ3) is 2.26. The Morgan fingerprint density at radius 2 is 2.33 bits per heavy atom. The van der Waals surface area contributed by atoms with Gasteiger partial charge in [0.25, 0.3) is 0 Å². The number of nitriles is 1. The van der Waals surface area contributed by atoms with Crippen LogP contribution in [-0.4, -0.2) is 11.1 Å². The SMILES string of the molecule is CCC(C(=O)O)c1ccc(C#N)cc1N. The second kappa shape index (κ2) is 4.47. The number of nitrogens with two attached hydrogens (primary N) is 1. The van der Waals surface area contributed by atoms with Crippen LogP contribution < -0.4 is 5.73 Å². The van der Waals surface area contributed by atoms with Crippen LogP contribution in [0.3, 0.4) is 0 Å². The molecule has 1 aromatic carbocycles. The maximum Gasteiger partial charge on any atom is 0.311 e. The fraction of sp³-hybridized carbons (Fsp3) is 0.273. The molecule has 0 bridgehead atoms. The number of aliphatic carboxylic acids is 1. The van der Waals surface area contributed by atoms with Crippen LogP contribution in [0.15, 0.2) is 18.2 Å². The number of nitrogen functional groups attached to an aromatic ring is 1. The zero-order chi connectivity index (χ0) is 11.4. The van der Waals surface area contributed by atoms with Crippen LogP contribution in [-0.2, 0) is 4.79 Å². The van der Waals surface area contributed by atoms with E-state index in [9.17, 15) is 4.79 Å². The lowest BCUT2D eigenvalue weighted by Crippen LogP contribution is -2.12. The van der Waals surface area contributed by atoms with Crippen molar-refractivity contribution in [2.75, 3.05) is 5.73 Å². The van der Waals surface area contributed by atoms with Gasteiger partial charge in [0.05, 0.1) is 17.6 Å². The fourth-order valence-corrected chi connectivity index (χ4v) is 1.49. The summed E-state index contributed by atoms with van der Waals surface area (Å²) in [6, 6.07) is 6.64. The molecule has 0 saturated heterocycles. The minimum Gasteiger partial charge on any atom is -0.481 e. The molecule has 1 aromatic rings. The van der Waals surface area contributed by atoms with Gasteiger partial charge in [0.1, 0.15) is 0 Å². The third-order valence-corrected chi connectivity index (χ3v) is 2.30. The van der Waals surface area contributed by atoms with Crippen LogP contribution in [0.5, 0.6) is 0 Å². The van der Waals surface area contributed by atoms with Gasteiger partial charge in [0.2, 0.25) is 0 Å². The number of carboxylic acid groups (broad SMARTS) is 1. The molecule has 0 spiro atoms. The average molecular weight is 204 g/mol. The third-order valence-electron chi connectivity index (χ3n) is 2.30. The van der Waals surface area contributed by atoms with Crippen LogP contribution >= 0.6 is 0 Å². The number of anilines is 1. The number of hydrogen-bond acceptors (Lipinski definition) is 3. The standard InChI is InChI=1S/C11H12N2O2/c1-2-8(11(14)15)9-4-3-7(6-12)5-10(9)13/h3-5,8H,2,13H2,1H3,(H,14,15). The number of carbonyl (C=O) groups is 1. The number of hydrogen-bond donors (Lipinski definition) is 2. The van der Waals surface area contributed by atoms with Crippen LogP contribution in [0.4, 0.5) is 5.69 Å². The minimum atomic E-state index is -0.895. The monoisotopic (exact) mass is 204 g/mol. The van der Waals surface area contributed by atoms with Crippen molar-refractivity contribution in [2.45, 2.75) is 19.3 Å². The molecule has 0 heterocycles. The van der Waals surface area contributed by atoms with Crippen molar-refractivity contribution in [1.82, 2.24) is 0 Å². The highest BCUT2D eigenvalue weighted by molar-refractivity contribution is 5.78. The topological polar surface area (TPSA) is 87.1 Å². The molecule has 1 atom stereocenters. The smallest absolute Gasteiger partial charge is 0.311 e. The molecule has 4 nitrogen and oxygen atoms in total. The number of carboxylic acids is 1. The van der Waals surface area contributed by atoms with Gasteiger partial charge in [-0.05, 0) is 24.1 Å². The van der Waals surface area contributed by atoms with Gasteiger partial charge >= 0.3 is 5.97 Å². The molecule has 4 heteroatoms. The Kier molecular flexibility index (Phi) is 3.29. The Balaban J connectivity index is 3.15. The van der Waals surface area contributed by atoms with Crippen LogP contribution in [0.2, 0.25) is 0 Å². The molecule has 0 aliphatic heterocycles. The molecule has 0 radical (unpaired) electrons. The summed E-state index contributed by atoms with van der Waals surface area (Å²) in [6.45, 7) is 1.79. The van der Waals surface area contributed by atoms with Crippen molar-refractivity contribution in [1.29, 1.82) is 5.26 Å². The first-order valence-corrected chi connectivity index (χ1v) is 4.62. The predicted molar refractivity (Wildman–Crippen MR) is 56.2 cm³/mol. The van der Waals surface area contributed by atoms with Crippen molar-refractivity contribution in [3.05, 3.63) is 29.3 Å². The largest absolute Gasteiger partial charge is 0.481 e. The molecule has 1 rings (SSSR count). The maximum absolute atomic E-state index is 10.9. The van der Waals surface area contributed by atoms with Crippen LogP contribution in [0.1, 0.15) is 30.4 Å². The van der Waals surface area contributed by atoms with Gasteiger partial charge in [-0.3, -0.25) is 4.79 Å². The highest BCUT2D eigenvalue weighted by Crippen LogP contribution is 2.26. The average Bonchev–Trinajstić information content (AvgIpc) is 2.20. The minimum absolute atomic E-state index is 0.364. The summed E-state index contributed by atoms with van der Waals surface area (Å²) >= 11 is 0. The van der Waals surface area contributed by atoms with E-state index in [0.29, 0.717) is 23.2 Å². The van der Waals surface area contributed by atoms with Crippen molar-refractivity contribution >= 4 is 11.7 Å². The Morgan fingerprint density at radius 1 is 1.67 bits per heavy atom. The lowest BCUT2D eigenvalue weighted by Gasteiger charge is -2.12. The van der Waals surface area contributed by atoms with E-state index in [4.69, 9.17) is 16.1 Å². The Hall–Kier alpha value is -2.02. The summed E-state index contributed by atoms with van der Waals surface area (Å²) < 4.78 is 0. The first kappa shape index (κ1) is 11.1. The highest BCUT2D eigenvalue weighted by Gasteiger charge is 2.19. The summed E-state index contributed by atoms with van der Waals surface area (Å²) in [4.78, 5) is 10.9. The van der Waals surface area contributed by atoms with E-state index in [1.165, 1.54) is 6.07 Å². The Morgan fingerprint density at radius 3 is 2.73 bits per heavy atom. The second-order valence-electron chi connectivity index (χ2n) is 3.25. The molecule has 3 N–H and O–H groups in total. The van der Waals surface area contributed by atoms with Crippen LogP contribution in [0.25, 0.3) is 0 Å². The van der Waals surface area contributed by atoms with Gasteiger partial charge in [0.15, 0.2) is 0 Å². The fourth-order valence-electron chi connectivity index (χ4n) is 1.49. The first-order valence-electron chi connectivity index (χ1n) is 4.62. The Labute approximate surface area is 87.9 Å². The van der Waals surface area contributed by atoms with Gasteiger partial charge in [-0.1, -0.05) is 13.0 Å². The summed E-state index contributed by atoms with van der Waals surface area (Å²) in [6.07, 6.45) is 0.478. The lowest BCUT2D eigenvalue weighted by atomic mass is 9.94. The summed E-state index contributed by atoms with van der Waals surface area (Å²) in [5, 5.41) is 17.6. The van der Waals surface area contributed by atoms with Gasteiger partial charge < -0.3 is 10.8 Å². The normalized spacial score (nSPS) is 11.7. The van der Waals surface area contributed by atoms with E-state index in [0.717, 1.165) is 0 Å². The van der Waals surface area contributed by atoms with E-state index in [1.807, 2.05) is 6.07 Å². The van der Waals surface area contributed by atoms with E-state index in [-0.39, 0.29) is 0 Å². The van der Waals surface area contributed by atoms with Crippen molar-refractivity contribution < 1.29 is 9.90 Å². The molecule has 0 amide bonds. The molecule has 1 unspecified atom stereocenters. The number of nitrogens with zero attached hydrogens (tertiary/aromatic N) is 1. The molecule has 0 saturated carbocycles. The molecule has 78 valence electrons. The lowest BCUT2D eigenvalue weighted by molar-refractivity contribution is -0.138. The van der Waals surface area contributed by atoms with E-state index >= 15 is 0 Å². The van der Waals surface area contributed by atoms with Crippen molar-refractivity contribution in [2.24, 2.45) is 0 Å². The quantitative estimate of drug-likeness (QED) is 0.734. The van der Waals surface area contributed by atoms with Gasteiger partial charge in [-0.25, -0.2) is 0 Å². The molecule has 0 aliphatic carbocycles. The molecule has 15 heavy (non-hydrogen) atoms. The summed E-state index contributed by atoms with van der Waals surface area (Å²) in [5.74, 6) is -1.49. The zero-order valence-corrected chi connectivity index (χ0v) is 8.40. The number of benzene rings is 1. The molecular formula is C11H12N2O2. The Bertz CT molecular complexity index is 421. The van der Waals surface area contributed by atoms with Crippen LogP contribution in [0, 0.1) is 11.3 Å². The molecular weight excluding hydrogens is 192 g/mol.